The van der Waals surface area contributed by atoms with E-state index in [0.717, 1.165) is 0 Å². The zero-order chi connectivity index (χ0) is 12.9. The van der Waals surface area contributed by atoms with Crippen molar-refractivity contribution in [2.45, 2.75) is 6.92 Å². The van der Waals surface area contributed by atoms with Crippen LogP contribution in [-0.4, -0.2) is 62.0 Å². The molecule has 0 spiro atoms. The van der Waals surface area contributed by atoms with Crippen molar-refractivity contribution in [3.8, 4) is 12.3 Å². The normalized spacial score (nSPS) is 21.0. The maximum absolute atomic E-state index is 12.0. The highest BCUT2D eigenvalue weighted by Crippen LogP contribution is 2.12. The molecule has 1 aliphatic heterocycles. The van der Waals surface area contributed by atoms with Crippen molar-refractivity contribution in [1.82, 2.24) is 9.21 Å². The molecule has 0 N–H and O–H groups in total. The highest BCUT2D eigenvalue weighted by molar-refractivity contribution is 7.89. The Labute approximate surface area is 109 Å². The zero-order valence-corrected chi connectivity index (χ0v) is 11.7. The first-order valence-corrected chi connectivity index (χ1v) is 7.83. The quantitative estimate of drug-likeness (QED) is 0.541. The van der Waals surface area contributed by atoms with Gasteiger partial charge in [-0.2, -0.15) is 4.31 Å². The van der Waals surface area contributed by atoms with E-state index in [4.69, 9.17) is 18.0 Å². The largest absolute Gasteiger partial charge is 0.290 e. The van der Waals surface area contributed by atoms with Crippen molar-refractivity contribution in [1.29, 1.82) is 0 Å². The lowest BCUT2D eigenvalue weighted by molar-refractivity contribution is 0.206. The molecule has 17 heavy (non-hydrogen) atoms. The molecule has 6 heteroatoms. The summed E-state index contributed by atoms with van der Waals surface area (Å²) in [5, 5.41) is 0. The lowest BCUT2D eigenvalue weighted by Gasteiger charge is -2.33. The first-order chi connectivity index (χ1) is 7.99. The molecule has 1 saturated heterocycles. The van der Waals surface area contributed by atoms with Gasteiger partial charge in [0.1, 0.15) is 0 Å². The van der Waals surface area contributed by atoms with Crippen LogP contribution >= 0.6 is 11.6 Å². The molecule has 0 saturated carbocycles. The van der Waals surface area contributed by atoms with Crippen LogP contribution in [0.2, 0.25) is 0 Å². The number of terminal acetylenes is 1. The maximum atomic E-state index is 12.0. The molecule has 1 unspecified atom stereocenters. The van der Waals surface area contributed by atoms with E-state index in [1.54, 1.807) is 4.31 Å². The molecule has 1 rings (SSSR count). The Morgan fingerprint density at radius 3 is 2.41 bits per heavy atom. The van der Waals surface area contributed by atoms with Crippen LogP contribution in [0.1, 0.15) is 6.92 Å². The number of alkyl halides is 1. The van der Waals surface area contributed by atoms with Crippen LogP contribution in [0, 0.1) is 18.3 Å². The zero-order valence-electron chi connectivity index (χ0n) is 10.1. The summed E-state index contributed by atoms with van der Waals surface area (Å²) in [5.41, 5.74) is 0. The highest BCUT2D eigenvalue weighted by atomic mass is 35.5. The summed E-state index contributed by atoms with van der Waals surface area (Å²) in [5.74, 6) is 3.07. The van der Waals surface area contributed by atoms with E-state index in [2.05, 4.69) is 10.8 Å². The van der Waals surface area contributed by atoms with E-state index in [1.807, 2.05) is 6.92 Å². The first kappa shape index (κ1) is 14.8. The van der Waals surface area contributed by atoms with Gasteiger partial charge >= 0.3 is 0 Å². The number of hydrogen-bond acceptors (Lipinski definition) is 3. The van der Waals surface area contributed by atoms with Gasteiger partial charge in [0.25, 0.3) is 0 Å². The molecule has 0 aromatic heterocycles. The second kappa shape index (κ2) is 6.60. The number of hydrogen-bond donors (Lipinski definition) is 0. The summed E-state index contributed by atoms with van der Waals surface area (Å²) >= 11 is 5.65. The molecule has 1 heterocycles. The predicted octanol–water partition coefficient (Wildman–Crippen LogP) is 0.442. The third-order valence-corrected chi connectivity index (χ3v) is 5.47. The van der Waals surface area contributed by atoms with Gasteiger partial charge in [0.05, 0.1) is 12.3 Å². The Hall–Kier alpha value is -0.280. The van der Waals surface area contributed by atoms with Gasteiger partial charge < -0.3 is 0 Å². The molecule has 0 radical (unpaired) electrons. The van der Waals surface area contributed by atoms with Crippen molar-refractivity contribution in [2.75, 3.05) is 44.4 Å². The molecule has 1 atom stereocenters. The minimum Gasteiger partial charge on any atom is -0.290 e. The molecule has 98 valence electrons. The van der Waals surface area contributed by atoms with Gasteiger partial charge in [-0.3, -0.25) is 4.90 Å². The van der Waals surface area contributed by atoms with Crippen LogP contribution in [0.5, 0.6) is 0 Å². The van der Waals surface area contributed by atoms with Crippen LogP contribution in [0.4, 0.5) is 0 Å². The van der Waals surface area contributed by atoms with Crippen LogP contribution < -0.4 is 0 Å². The highest BCUT2D eigenvalue weighted by Gasteiger charge is 2.27. The summed E-state index contributed by atoms with van der Waals surface area (Å²) < 4.78 is 25.6. The Balaban J connectivity index is 2.50. The third kappa shape index (κ3) is 4.47. The second-order valence-electron chi connectivity index (χ2n) is 4.42. The topological polar surface area (TPSA) is 40.6 Å². The van der Waals surface area contributed by atoms with Crippen molar-refractivity contribution in [3.05, 3.63) is 0 Å². The van der Waals surface area contributed by atoms with E-state index in [1.165, 1.54) is 0 Å². The smallest absolute Gasteiger partial charge is 0.214 e. The van der Waals surface area contributed by atoms with Crippen LogP contribution in [0.3, 0.4) is 0 Å². The molecule has 1 aliphatic rings. The van der Waals surface area contributed by atoms with Gasteiger partial charge in [-0.25, -0.2) is 8.42 Å². The van der Waals surface area contributed by atoms with Crippen molar-refractivity contribution < 1.29 is 8.42 Å². The van der Waals surface area contributed by atoms with Crippen LogP contribution in [-0.2, 0) is 10.0 Å². The summed E-state index contributed by atoms with van der Waals surface area (Å²) in [6.07, 6.45) is 5.23. The standard InChI is InChI=1S/C11H19ClN2O2S/c1-3-4-13-5-7-14(8-6-13)17(15,16)10-11(2)9-12/h1,11H,4-10H2,2H3. The van der Waals surface area contributed by atoms with Gasteiger partial charge in [-0.15, -0.1) is 18.0 Å². The van der Waals surface area contributed by atoms with Gasteiger partial charge in [-0.05, 0) is 5.92 Å². The number of halogens is 1. The minimum atomic E-state index is -3.16. The average molecular weight is 279 g/mol. The van der Waals surface area contributed by atoms with Gasteiger partial charge in [0.15, 0.2) is 0 Å². The lowest BCUT2D eigenvalue weighted by atomic mass is 10.3. The Bertz CT molecular complexity index is 369. The maximum Gasteiger partial charge on any atom is 0.214 e. The molecule has 0 bridgehead atoms. The number of nitrogens with zero attached hydrogens (tertiary/aromatic N) is 2. The van der Waals surface area contributed by atoms with Crippen LogP contribution in [0.25, 0.3) is 0 Å². The predicted molar refractivity (Wildman–Crippen MR) is 70.5 cm³/mol. The fourth-order valence-electron chi connectivity index (χ4n) is 1.80. The molecule has 4 nitrogen and oxygen atoms in total. The second-order valence-corrected chi connectivity index (χ2v) is 6.74. The van der Waals surface area contributed by atoms with E-state index in [-0.39, 0.29) is 11.7 Å². The summed E-state index contributed by atoms with van der Waals surface area (Å²) in [6, 6.07) is 0. The minimum absolute atomic E-state index is 0.00888. The Morgan fingerprint density at radius 2 is 1.94 bits per heavy atom. The van der Waals surface area contributed by atoms with Gasteiger partial charge in [0, 0.05) is 32.1 Å². The Kier molecular flexibility index (Phi) is 5.74. The van der Waals surface area contributed by atoms with E-state index < -0.39 is 10.0 Å². The molecule has 0 aromatic carbocycles. The fraction of sp³-hybridized carbons (Fsp3) is 0.818. The first-order valence-electron chi connectivity index (χ1n) is 5.69. The Morgan fingerprint density at radius 1 is 1.35 bits per heavy atom. The van der Waals surface area contributed by atoms with Gasteiger partial charge in [0.2, 0.25) is 10.0 Å². The summed E-state index contributed by atoms with van der Waals surface area (Å²) in [4.78, 5) is 2.08. The molecular weight excluding hydrogens is 260 g/mol. The molecule has 0 aromatic rings. The lowest BCUT2D eigenvalue weighted by Crippen LogP contribution is -2.49. The van der Waals surface area contributed by atoms with E-state index >= 15 is 0 Å². The molecule has 0 aliphatic carbocycles. The van der Waals surface area contributed by atoms with Crippen molar-refractivity contribution in [3.63, 3.8) is 0 Å². The number of sulfonamides is 1. The fourth-order valence-corrected chi connectivity index (χ4v) is 3.81. The van der Waals surface area contributed by atoms with Crippen molar-refractivity contribution >= 4 is 21.6 Å². The average Bonchev–Trinajstić information content (AvgIpc) is 2.29. The summed E-state index contributed by atoms with van der Waals surface area (Å²) in [7, 11) is -3.16. The van der Waals surface area contributed by atoms with E-state index in [9.17, 15) is 8.42 Å². The third-order valence-electron chi connectivity index (χ3n) is 2.80. The van der Waals surface area contributed by atoms with Crippen LogP contribution in [0.15, 0.2) is 0 Å². The SMILES string of the molecule is C#CCN1CCN(S(=O)(=O)CC(C)CCl)CC1. The van der Waals surface area contributed by atoms with Crippen molar-refractivity contribution in [2.24, 2.45) is 5.92 Å². The monoisotopic (exact) mass is 278 g/mol. The van der Waals surface area contributed by atoms with Gasteiger partial charge in [-0.1, -0.05) is 12.8 Å². The number of rotatable bonds is 5. The molecule has 0 amide bonds. The molecule has 1 fully saturated rings. The summed E-state index contributed by atoms with van der Waals surface area (Å²) in [6.45, 7) is 4.90. The van der Waals surface area contributed by atoms with E-state index in [0.29, 0.717) is 38.6 Å². The molecular formula is C11H19ClN2O2S. The number of piperazine rings is 1.